The number of nitrogens with two attached hydrogens (primary N) is 1. The molecule has 0 saturated carbocycles. The first-order valence-corrected chi connectivity index (χ1v) is 10.8. The van der Waals surface area contributed by atoms with Crippen molar-refractivity contribution in [2.24, 2.45) is 5.73 Å². The molecular formula is C19H23N3O4S2. The number of carboxylic acid groups (broad SMARTS) is 1. The Hall–Kier alpha value is -1.94. The van der Waals surface area contributed by atoms with Gasteiger partial charge in [-0.25, -0.2) is 9.78 Å². The fourth-order valence-electron chi connectivity index (χ4n) is 3.52. The molecule has 1 aliphatic rings. The van der Waals surface area contributed by atoms with Crippen LogP contribution in [-0.4, -0.2) is 50.3 Å². The van der Waals surface area contributed by atoms with Crippen LogP contribution < -0.4 is 5.73 Å². The number of aromatic carboxylic acids is 1. The summed E-state index contributed by atoms with van der Waals surface area (Å²) in [6.07, 6.45) is 1.18. The maximum atomic E-state index is 12.4. The minimum Gasteiger partial charge on any atom is -0.476 e. The number of hydrogen-bond acceptors (Lipinski definition) is 7. The van der Waals surface area contributed by atoms with Gasteiger partial charge in [-0.1, -0.05) is 30.0 Å². The lowest BCUT2D eigenvalue weighted by molar-refractivity contribution is -0.128. The number of aromatic nitrogens is 1. The lowest BCUT2D eigenvalue weighted by atomic mass is 9.92. The second-order valence-electron chi connectivity index (χ2n) is 6.66. The molecule has 2 aromatic rings. The van der Waals surface area contributed by atoms with Crippen molar-refractivity contribution in [3.05, 3.63) is 46.0 Å². The first-order valence-electron chi connectivity index (χ1n) is 8.98. The second kappa shape index (κ2) is 9.04. The van der Waals surface area contributed by atoms with Crippen LogP contribution in [0.25, 0.3) is 0 Å². The molecule has 0 radical (unpaired) electrons. The number of carboxylic acids is 1. The average molecular weight is 422 g/mol. The van der Waals surface area contributed by atoms with Gasteiger partial charge in [0.05, 0.1) is 18.7 Å². The molecule has 1 saturated heterocycles. The molecule has 1 aromatic carbocycles. The van der Waals surface area contributed by atoms with E-state index in [0.29, 0.717) is 29.5 Å². The van der Waals surface area contributed by atoms with E-state index >= 15 is 0 Å². The van der Waals surface area contributed by atoms with Gasteiger partial charge in [0, 0.05) is 24.1 Å². The molecule has 1 aromatic heterocycles. The molecule has 3 rings (SSSR count). The highest BCUT2D eigenvalue weighted by Gasteiger charge is 2.35. The zero-order valence-electron chi connectivity index (χ0n) is 15.5. The Labute approximate surface area is 171 Å². The van der Waals surface area contributed by atoms with Gasteiger partial charge in [-0.15, -0.1) is 11.3 Å². The van der Waals surface area contributed by atoms with Crippen LogP contribution in [-0.2, 0) is 11.4 Å². The number of carbonyl (C=O) groups is 2. The van der Waals surface area contributed by atoms with Gasteiger partial charge in [0.2, 0.25) is 5.91 Å². The lowest BCUT2D eigenvalue weighted by Gasteiger charge is -2.31. The third kappa shape index (κ3) is 4.38. The molecule has 7 nitrogen and oxygen atoms in total. The summed E-state index contributed by atoms with van der Waals surface area (Å²) in [6.45, 7) is 2.44. The molecule has 4 N–H and O–H groups in total. The van der Waals surface area contributed by atoms with Gasteiger partial charge in [0.15, 0.2) is 10.0 Å². The Kier molecular flexibility index (Phi) is 6.71. The maximum Gasteiger partial charge on any atom is 0.355 e. The minimum atomic E-state index is -1.04. The molecule has 2 heterocycles. The highest BCUT2D eigenvalue weighted by atomic mass is 32.2. The Balaban J connectivity index is 1.66. The van der Waals surface area contributed by atoms with Crippen LogP contribution in [0.2, 0.25) is 0 Å². The van der Waals surface area contributed by atoms with Crippen molar-refractivity contribution in [3.8, 4) is 0 Å². The molecule has 1 unspecified atom stereocenters. The quantitative estimate of drug-likeness (QED) is 0.560. The minimum absolute atomic E-state index is 0.0392. The van der Waals surface area contributed by atoms with E-state index in [0.717, 1.165) is 16.7 Å². The maximum absolute atomic E-state index is 12.4. The van der Waals surface area contributed by atoms with Gasteiger partial charge >= 0.3 is 5.97 Å². The van der Waals surface area contributed by atoms with Crippen molar-refractivity contribution < 1.29 is 19.8 Å². The Morgan fingerprint density at radius 2 is 2.29 bits per heavy atom. The van der Waals surface area contributed by atoms with E-state index in [9.17, 15) is 14.7 Å². The summed E-state index contributed by atoms with van der Waals surface area (Å²) in [5.41, 5.74) is 9.35. The smallest absolute Gasteiger partial charge is 0.355 e. The van der Waals surface area contributed by atoms with E-state index in [1.165, 1.54) is 28.5 Å². The van der Waals surface area contributed by atoms with Crippen molar-refractivity contribution in [2.45, 2.75) is 42.8 Å². The average Bonchev–Trinajstić information content (AvgIpc) is 3.29. The summed E-state index contributed by atoms with van der Waals surface area (Å²) >= 11 is 2.73. The van der Waals surface area contributed by atoms with Gasteiger partial charge in [0.1, 0.15) is 0 Å². The first kappa shape index (κ1) is 20.8. The van der Waals surface area contributed by atoms with Gasteiger partial charge in [0.25, 0.3) is 0 Å². The van der Waals surface area contributed by atoms with E-state index in [2.05, 4.69) is 4.98 Å². The molecule has 0 spiro atoms. The standard InChI is InChI=1S/C19H23N3O4S2/c1-11-12(9-23)3-2-4-13(11)17(20)15-5-6-16(24)22(15)7-8-27-19-21-14(10-28-19)18(25)26/h2-4,10,15,17,23H,5-9,20H2,1H3,(H,25,26)/t15-,17?/m1/s1. The van der Waals surface area contributed by atoms with E-state index in [4.69, 9.17) is 10.8 Å². The van der Waals surface area contributed by atoms with Crippen molar-refractivity contribution in [1.29, 1.82) is 0 Å². The normalized spacial score (nSPS) is 17.9. The lowest BCUT2D eigenvalue weighted by Crippen LogP contribution is -2.41. The zero-order valence-corrected chi connectivity index (χ0v) is 17.1. The number of carbonyl (C=O) groups excluding carboxylic acids is 1. The van der Waals surface area contributed by atoms with Crippen LogP contribution in [0.4, 0.5) is 0 Å². The number of aliphatic hydroxyl groups is 1. The van der Waals surface area contributed by atoms with Gasteiger partial charge < -0.3 is 20.8 Å². The van der Waals surface area contributed by atoms with Crippen LogP contribution >= 0.6 is 23.1 Å². The molecular weight excluding hydrogens is 398 g/mol. The largest absolute Gasteiger partial charge is 0.476 e. The highest BCUT2D eigenvalue weighted by molar-refractivity contribution is 8.01. The van der Waals surface area contributed by atoms with E-state index < -0.39 is 5.97 Å². The summed E-state index contributed by atoms with van der Waals surface area (Å²) < 4.78 is 0.677. The van der Waals surface area contributed by atoms with Gasteiger partial charge in [-0.3, -0.25) is 4.79 Å². The fraction of sp³-hybridized carbons (Fsp3) is 0.421. The summed E-state index contributed by atoms with van der Waals surface area (Å²) in [5.74, 6) is -0.330. The van der Waals surface area contributed by atoms with Crippen LogP contribution in [0.5, 0.6) is 0 Å². The molecule has 28 heavy (non-hydrogen) atoms. The molecule has 1 aliphatic heterocycles. The molecule has 0 aliphatic carbocycles. The van der Waals surface area contributed by atoms with Crippen molar-refractivity contribution in [2.75, 3.05) is 12.3 Å². The number of benzene rings is 1. The summed E-state index contributed by atoms with van der Waals surface area (Å²) in [4.78, 5) is 29.2. The Bertz CT molecular complexity index is 871. The van der Waals surface area contributed by atoms with Crippen LogP contribution in [0.1, 0.15) is 46.1 Å². The zero-order chi connectivity index (χ0) is 20.3. The number of thioether (sulfide) groups is 1. The number of aliphatic hydroxyl groups excluding tert-OH is 1. The predicted octanol–water partition coefficient (Wildman–Crippen LogP) is 2.43. The monoisotopic (exact) mass is 421 g/mol. The molecule has 2 atom stereocenters. The SMILES string of the molecule is Cc1c(CO)cccc1C(N)[C@H]1CCC(=O)N1CCSc1nc(C(=O)O)cs1. The number of rotatable bonds is 8. The Morgan fingerprint density at radius 3 is 2.96 bits per heavy atom. The Morgan fingerprint density at radius 1 is 1.50 bits per heavy atom. The molecule has 0 bridgehead atoms. The number of nitrogens with zero attached hydrogens (tertiary/aromatic N) is 2. The van der Waals surface area contributed by atoms with Crippen LogP contribution in [0, 0.1) is 6.92 Å². The van der Waals surface area contributed by atoms with Crippen molar-refractivity contribution in [1.82, 2.24) is 9.88 Å². The fourth-order valence-corrected chi connectivity index (χ4v) is 5.32. The molecule has 1 amide bonds. The summed E-state index contributed by atoms with van der Waals surface area (Å²) in [7, 11) is 0. The van der Waals surface area contributed by atoms with Crippen LogP contribution in [0.3, 0.4) is 0 Å². The third-order valence-electron chi connectivity index (χ3n) is 5.07. The molecule has 150 valence electrons. The van der Waals surface area contributed by atoms with Gasteiger partial charge in [-0.2, -0.15) is 0 Å². The van der Waals surface area contributed by atoms with Crippen LogP contribution in [0.15, 0.2) is 27.9 Å². The molecule has 9 heteroatoms. The van der Waals surface area contributed by atoms with E-state index in [1.54, 1.807) is 0 Å². The first-order chi connectivity index (χ1) is 13.4. The van der Waals surface area contributed by atoms with E-state index in [-0.39, 0.29) is 30.3 Å². The predicted molar refractivity (Wildman–Crippen MR) is 109 cm³/mol. The van der Waals surface area contributed by atoms with Crippen molar-refractivity contribution >= 4 is 35.0 Å². The topological polar surface area (TPSA) is 117 Å². The number of likely N-dealkylation sites (tertiary alicyclic amines) is 1. The van der Waals surface area contributed by atoms with E-state index in [1.807, 2.05) is 30.0 Å². The highest BCUT2D eigenvalue weighted by Crippen LogP contribution is 2.32. The summed E-state index contributed by atoms with van der Waals surface area (Å²) in [5, 5.41) is 20.0. The number of amides is 1. The molecule has 1 fully saturated rings. The van der Waals surface area contributed by atoms with Crippen molar-refractivity contribution in [3.63, 3.8) is 0 Å². The summed E-state index contributed by atoms with van der Waals surface area (Å²) in [6, 6.07) is 5.30. The van der Waals surface area contributed by atoms with Gasteiger partial charge in [-0.05, 0) is 30.0 Å². The number of thiazole rings is 1. The second-order valence-corrected chi connectivity index (χ2v) is 8.86. The third-order valence-corrected chi connectivity index (χ3v) is 7.07. The number of hydrogen-bond donors (Lipinski definition) is 3.